The highest BCUT2D eigenvalue weighted by Crippen LogP contribution is 2.08. The smallest absolute Gasteiger partial charge is 0.125 e. The quantitative estimate of drug-likeness (QED) is 0.778. The molecular weight excluding hydrogens is 262 g/mol. The maximum atomic E-state index is 4.37. The van der Waals surface area contributed by atoms with Crippen molar-refractivity contribution in [1.82, 2.24) is 25.1 Å². The van der Waals surface area contributed by atoms with Crippen LogP contribution in [-0.4, -0.2) is 19.7 Å². The van der Waals surface area contributed by atoms with Crippen molar-refractivity contribution in [1.29, 1.82) is 0 Å². The minimum absolute atomic E-state index is 0.740. The molecule has 3 rings (SSSR count). The number of hydrogen-bond acceptors (Lipinski definition) is 4. The fourth-order valence-corrected chi connectivity index (χ4v) is 2.13. The minimum Gasteiger partial charge on any atom is -0.307 e. The first kappa shape index (κ1) is 13.5. The lowest BCUT2D eigenvalue weighted by molar-refractivity contribution is 0.675. The summed E-state index contributed by atoms with van der Waals surface area (Å²) in [6.07, 6.45) is 5.50. The topological polar surface area (TPSA) is 55.6 Å². The molecule has 0 aliphatic rings. The molecule has 106 valence electrons. The fourth-order valence-electron chi connectivity index (χ4n) is 2.13. The van der Waals surface area contributed by atoms with E-state index in [2.05, 4.69) is 44.6 Å². The van der Waals surface area contributed by atoms with Crippen molar-refractivity contribution in [2.24, 2.45) is 0 Å². The van der Waals surface area contributed by atoms with Gasteiger partial charge in [0.05, 0.1) is 11.4 Å². The van der Waals surface area contributed by atoms with Gasteiger partial charge >= 0.3 is 0 Å². The van der Waals surface area contributed by atoms with E-state index in [1.54, 1.807) is 12.4 Å². The summed E-state index contributed by atoms with van der Waals surface area (Å²) in [6.45, 7) is 3.45. The van der Waals surface area contributed by atoms with E-state index in [0.29, 0.717) is 0 Å². The van der Waals surface area contributed by atoms with Crippen LogP contribution in [0.2, 0.25) is 0 Å². The Morgan fingerprint density at radius 2 is 1.90 bits per heavy atom. The molecule has 0 saturated heterocycles. The third-order valence-electron chi connectivity index (χ3n) is 3.17. The summed E-state index contributed by atoms with van der Waals surface area (Å²) in [5.74, 6) is 0.804. The van der Waals surface area contributed by atoms with Crippen molar-refractivity contribution >= 4 is 0 Å². The number of rotatable bonds is 5. The van der Waals surface area contributed by atoms with E-state index >= 15 is 0 Å². The molecule has 0 unspecified atom stereocenters. The molecule has 5 nitrogen and oxygen atoms in total. The van der Waals surface area contributed by atoms with Crippen LogP contribution in [0.4, 0.5) is 0 Å². The van der Waals surface area contributed by atoms with Gasteiger partial charge in [-0.05, 0) is 36.8 Å². The lowest BCUT2D eigenvalue weighted by atomic mass is 10.2. The summed E-state index contributed by atoms with van der Waals surface area (Å²) < 4.78 is 1.85. The van der Waals surface area contributed by atoms with Crippen LogP contribution in [0.25, 0.3) is 5.69 Å². The Hall–Kier alpha value is -2.53. The molecule has 0 radical (unpaired) electrons. The summed E-state index contributed by atoms with van der Waals surface area (Å²) in [6, 6.07) is 12.2. The van der Waals surface area contributed by atoms with Gasteiger partial charge in [0.1, 0.15) is 5.82 Å². The first-order valence-electron chi connectivity index (χ1n) is 6.89. The fraction of sp³-hybridized carbons (Fsp3) is 0.188. The number of benzene rings is 1. The highest BCUT2D eigenvalue weighted by atomic mass is 15.3. The average molecular weight is 279 g/mol. The second kappa shape index (κ2) is 6.28. The van der Waals surface area contributed by atoms with Crippen LogP contribution in [0.3, 0.4) is 0 Å². The van der Waals surface area contributed by atoms with E-state index < -0.39 is 0 Å². The van der Waals surface area contributed by atoms with Gasteiger partial charge in [0.2, 0.25) is 0 Å². The monoisotopic (exact) mass is 279 g/mol. The number of hydrogen-bond donors (Lipinski definition) is 1. The first-order chi connectivity index (χ1) is 10.3. The Morgan fingerprint density at radius 3 is 2.62 bits per heavy atom. The van der Waals surface area contributed by atoms with E-state index in [-0.39, 0.29) is 0 Å². The Labute approximate surface area is 123 Å². The van der Waals surface area contributed by atoms with Crippen LogP contribution < -0.4 is 5.32 Å². The maximum absolute atomic E-state index is 4.37. The number of nitrogens with zero attached hydrogens (tertiary/aromatic N) is 4. The zero-order chi connectivity index (χ0) is 14.5. The predicted molar refractivity (Wildman–Crippen MR) is 80.9 cm³/mol. The van der Waals surface area contributed by atoms with Crippen LogP contribution >= 0.6 is 0 Å². The molecule has 3 aromatic rings. The molecule has 2 aromatic heterocycles. The Kier molecular flexibility index (Phi) is 4.02. The molecule has 2 heterocycles. The Balaban J connectivity index is 1.56. The van der Waals surface area contributed by atoms with Crippen molar-refractivity contribution in [3.05, 3.63) is 72.1 Å². The van der Waals surface area contributed by atoms with Gasteiger partial charge in [-0.1, -0.05) is 12.1 Å². The first-order valence-corrected chi connectivity index (χ1v) is 6.89. The molecule has 0 atom stereocenters. The van der Waals surface area contributed by atoms with Crippen LogP contribution in [0.1, 0.15) is 17.1 Å². The second-order valence-corrected chi connectivity index (χ2v) is 4.82. The third-order valence-corrected chi connectivity index (χ3v) is 3.17. The van der Waals surface area contributed by atoms with Crippen molar-refractivity contribution < 1.29 is 0 Å². The SMILES string of the molecule is Cc1nccc(CNCc2ccc(-n3cccn3)cc2)n1. The van der Waals surface area contributed by atoms with Crippen molar-refractivity contribution in [3.8, 4) is 5.69 Å². The normalized spacial score (nSPS) is 10.7. The zero-order valence-electron chi connectivity index (χ0n) is 11.9. The molecule has 21 heavy (non-hydrogen) atoms. The van der Waals surface area contributed by atoms with Gasteiger partial charge < -0.3 is 5.32 Å². The molecule has 5 heteroatoms. The van der Waals surface area contributed by atoms with Gasteiger partial charge in [0.25, 0.3) is 0 Å². The highest BCUT2D eigenvalue weighted by Gasteiger charge is 1.99. The molecule has 0 bridgehead atoms. The van der Waals surface area contributed by atoms with Gasteiger partial charge in [-0.3, -0.25) is 0 Å². The Morgan fingerprint density at radius 1 is 1.05 bits per heavy atom. The van der Waals surface area contributed by atoms with E-state index in [9.17, 15) is 0 Å². The summed E-state index contributed by atoms with van der Waals surface area (Å²) in [5.41, 5.74) is 3.31. The zero-order valence-corrected chi connectivity index (χ0v) is 11.9. The van der Waals surface area contributed by atoms with Crippen molar-refractivity contribution in [3.63, 3.8) is 0 Å². The molecule has 0 spiro atoms. The summed E-state index contributed by atoms with van der Waals surface area (Å²) in [7, 11) is 0. The molecule has 1 N–H and O–H groups in total. The molecule has 0 fully saturated rings. The van der Waals surface area contributed by atoms with Gasteiger partial charge in [-0.25, -0.2) is 14.6 Å². The molecule has 0 amide bonds. The summed E-state index contributed by atoms with van der Waals surface area (Å²) in [4.78, 5) is 8.46. The average Bonchev–Trinajstić information content (AvgIpc) is 3.02. The lowest BCUT2D eigenvalue weighted by Gasteiger charge is -2.06. The molecule has 0 aliphatic carbocycles. The molecule has 0 aliphatic heterocycles. The van der Waals surface area contributed by atoms with E-state index in [4.69, 9.17) is 0 Å². The standard InChI is InChI=1S/C16H17N5/c1-13-18-9-7-15(20-13)12-17-11-14-3-5-16(6-4-14)21-10-2-8-19-21/h2-10,17H,11-12H2,1H3. The van der Waals surface area contributed by atoms with E-state index in [0.717, 1.165) is 30.3 Å². The van der Waals surface area contributed by atoms with Crippen molar-refractivity contribution in [2.75, 3.05) is 0 Å². The highest BCUT2D eigenvalue weighted by molar-refractivity contribution is 5.33. The summed E-state index contributed by atoms with van der Waals surface area (Å²) >= 11 is 0. The number of aryl methyl sites for hydroxylation is 1. The van der Waals surface area contributed by atoms with Gasteiger partial charge in [-0.15, -0.1) is 0 Å². The van der Waals surface area contributed by atoms with Crippen LogP contribution in [0.5, 0.6) is 0 Å². The predicted octanol–water partition coefficient (Wildman–Crippen LogP) is 2.26. The molecular formula is C16H17N5. The Bertz CT molecular complexity index is 689. The second-order valence-electron chi connectivity index (χ2n) is 4.82. The van der Waals surface area contributed by atoms with Gasteiger partial charge in [-0.2, -0.15) is 5.10 Å². The van der Waals surface area contributed by atoms with Crippen LogP contribution in [-0.2, 0) is 13.1 Å². The van der Waals surface area contributed by atoms with Crippen LogP contribution in [0.15, 0.2) is 55.0 Å². The van der Waals surface area contributed by atoms with Gasteiger partial charge in [0, 0.05) is 31.7 Å². The molecule has 1 aromatic carbocycles. The number of nitrogens with one attached hydrogen (secondary N) is 1. The minimum atomic E-state index is 0.740. The van der Waals surface area contributed by atoms with Gasteiger partial charge in [0.15, 0.2) is 0 Å². The van der Waals surface area contributed by atoms with E-state index in [1.165, 1.54) is 5.56 Å². The van der Waals surface area contributed by atoms with Crippen molar-refractivity contribution in [2.45, 2.75) is 20.0 Å². The molecule has 0 saturated carbocycles. The van der Waals surface area contributed by atoms with E-state index in [1.807, 2.05) is 29.9 Å². The summed E-state index contributed by atoms with van der Waals surface area (Å²) in [5, 5.41) is 7.60. The maximum Gasteiger partial charge on any atom is 0.125 e. The largest absolute Gasteiger partial charge is 0.307 e. The van der Waals surface area contributed by atoms with Crippen LogP contribution in [0, 0.1) is 6.92 Å². The number of aromatic nitrogens is 4. The third kappa shape index (κ3) is 3.52. The lowest BCUT2D eigenvalue weighted by Crippen LogP contribution is -2.14.